The van der Waals surface area contributed by atoms with Crippen molar-refractivity contribution in [2.24, 2.45) is 0 Å². The molecule has 1 aromatic rings. The van der Waals surface area contributed by atoms with Gasteiger partial charge in [0, 0.05) is 41.5 Å². The summed E-state index contributed by atoms with van der Waals surface area (Å²) >= 11 is 0. The number of hydrogen-bond acceptors (Lipinski definition) is 3. The van der Waals surface area contributed by atoms with Gasteiger partial charge in [-0.15, -0.1) is 0 Å². The molecular formula is C16H30N4. The van der Waals surface area contributed by atoms with Crippen molar-refractivity contribution < 1.29 is 0 Å². The van der Waals surface area contributed by atoms with Gasteiger partial charge in [-0.2, -0.15) is 5.10 Å². The van der Waals surface area contributed by atoms with E-state index in [2.05, 4.69) is 63.5 Å². The van der Waals surface area contributed by atoms with E-state index >= 15 is 0 Å². The minimum atomic E-state index is 0.187. The summed E-state index contributed by atoms with van der Waals surface area (Å²) in [6.07, 6.45) is 6.44. The van der Waals surface area contributed by atoms with Gasteiger partial charge in [-0.05, 0) is 54.4 Å². The molecule has 0 radical (unpaired) electrons. The zero-order chi connectivity index (χ0) is 15.0. The summed E-state index contributed by atoms with van der Waals surface area (Å²) in [6, 6.07) is 0.895. The Morgan fingerprint density at radius 3 is 2.45 bits per heavy atom. The molecule has 1 aliphatic heterocycles. The first kappa shape index (κ1) is 15.5. The van der Waals surface area contributed by atoms with E-state index in [1.807, 2.05) is 10.9 Å². The molecule has 1 aliphatic rings. The van der Waals surface area contributed by atoms with Crippen LogP contribution in [0.4, 0.5) is 0 Å². The van der Waals surface area contributed by atoms with E-state index in [4.69, 9.17) is 0 Å². The van der Waals surface area contributed by atoms with E-state index in [1.54, 1.807) is 0 Å². The molecule has 2 N–H and O–H groups in total. The Morgan fingerprint density at radius 2 is 1.95 bits per heavy atom. The summed E-state index contributed by atoms with van der Waals surface area (Å²) in [6.45, 7) is 14.5. The minimum Gasteiger partial charge on any atom is -0.307 e. The Hall–Kier alpha value is -0.870. The van der Waals surface area contributed by atoms with Crippen LogP contribution in [0.15, 0.2) is 12.4 Å². The van der Waals surface area contributed by atoms with Crippen molar-refractivity contribution in [1.82, 2.24) is 20.4 Å². The lowest BCUT2D eigenvalue weighted by Gasteiger charge is -2.47. The van der Waals surface area contributed by atoms with Crippen LogP contribution in [0, 0.1) is 0 Å². The Bertz CT molecular complexity index is 431. The van der Waals surface area contributed by atoms with Gasteiger partial charge in [0.2, 0.25) is 0 Å². The number of aryl methyl sites for hydroxylation is 1. The Labute approximate surface area is 123 Å². The summed E-state index contributed by atoms with van der Waals surface area (Å²) in [7, 11) is 0. The van der Waals surface area contributed by atoms with Crippen molar-refractivity contribution >= 4 is 0 Å². The summed E-state index contributed by atoms with van der Waals surface area (Å²) in [4.78, 5) is 0. The molecule has 0 amide bonds. The van der Waals surface area contributed by atoms with Crippen LogP contribution < -0.4 is 10.6 Å². The van der Waals surface area contributed by atoms with E-state index in [0.717, 1.165) is 19.4 Å². The number of nitrogens with one attached hydrogen (secondary N) is 2. The normalized spacial score (nSPS) is 23.7. The molecule has 1 unspecified atom stereocenters. The number of hydrogen-bond donors (Lipinski definition) is 2. The van der Waals surface area contributed by atoms with Gasteiger partial charge >= 0.3 is 0 Å². The molecule has 2 rings (SSSR count). The molecule has 1 atom stereocenters. The minimum absolute atomic E-state index is 0.187. The van der Waals surface area contributed by atoms with Crippen LogP contribution >= 0.6 is 0 Å². The first-order valence-corrected chi connectivity index (χ1v) is 7.78. The second-order valence-corrected chi connectivity index (χ2v) is 7.52. The van der Waals surface area contributed by atoms with Crippen LogP contribution in [-0.2, 0) is 6.54 Å². The van der Waals surface area contributed by atoms with Crippen LogP contribution in [0.1, 0.15) is 66.0 Å². The average Bonchev–Trinajstić information content (AvgIpc) is 2.72. The third-order valence-corrected chi connectivity index (χ3v) is 4.15. The van der Waals surface area contributed by atoms with Gasteiger partial charge in [0.1, 0.15) is 0 Å². The molecule has 1 fully saturated rings. The maximum Gasteiger partial charge on any atom is 0.0537 e. The highest BCUT2D eigenvalue weighted by molar-refractivity contribution is 5.10. The highest BCUT2D eigenvalue weighted by Gasteiger charge is 2.37. The van der Waals surface area contributed by atoms with Crippen LogP contribution in [0.2, 0.25) is 0 Å². The van der Waals surface area contributed by atoms with Gasteiger partial charge in [0.25, 0.3) is 0 Å². The highest BCUT2D eigenvalue weighted by Crippen LogP contribution is 2.29. The molecule has 2 heterocycles. The molecule has 0 aliphatic carbocycles. The smallest absolute Gasteiger partial charge is 0.0537 e. The van der Waals surface area contributed by atoms with Gasteiger partial charge in [-0.25, -0.2) is 0 Å². The zero-order valence-corrected chi connectivity index (χ0v) is 13.8. The van der Waals surface area contributed by atoms with E-state index in [-0.39, 0.29) is 11.1 Å². The molecule has 0 aromatic carbocycles. The number of piperidine rings is 1. The lowest BCUT2D eigenvalue weighted by atomic mass is 9.79. The SMILES string of the molecule is CCn1cc(C(C)NC2CC(C)(C)NC(C)(C)C2)cn1. The standard InChI is InChI=1S/C16H30N4/c1-7-20-11-13(10-17-20)12(2)18-14-8-15(3,4)19-16(5,6)9-14/h10-12,14,18-19H,7-9H2,1-6H3. The average molecular weight is 278 g/mol. The predicted molar refractivity (Wildman–Crippen MR) is 83.8 cm³/mol. The molecule has 4 heteroatoms. The summed E-state index contributed by atoms with van der Waals surface area (Å²) in [5.41, 5.74) is 1.65. The number of nitrogens with zero attached hydrogens (tertiary/aromatic N) is 2. The molecule has 20 heavy (non-hydrogen) atoms. The van der Waals surface area contributed by atoms with Crippen molar-refractivity contribution in [3.8, 4) is 0 Å². The number of rotatable bonds is 4. The van der Waals surface area contributed by atoms with E-state index in [0.29, 0.717) is 12.1 Å². The van der Waals surface area contributed by atoms with E-state index < -0.39 is 0 Å². The second kappa shape index (κ2) is 5.49. The first-order valence-electron chi connectivity index (χ1n) is 7.78. The molecule has 0 spiro atoms. The lowest BCUT2D eigenvalue weighted by molar-refractivity contribution is 0.141. The summed E-state index contributed by atoms with van der Waals surface area (Å²) < 4.78 is 1.99. The van der Waals surface area contributed by atoms with Gasteiger partial charge in [-0.1, -0.05) is 0 Å². The summed E-state index contributed by atoms with van der Waals surface area (Å²) in [5.74, 6) is 0. The summed E-state index contributed by atoms with van der Waals surface area (Å²) in [5, 5.41) is 11.9. The molecule has 1 aromatic heterocycles. The third kappa shape index (κ3) is 3.83. The second-order valence-electron chi connectivity index (χ2n) is 7.52. The molecular weight excluding hydrogens is 248 g/mol. The van der Waals surface area contributed by atoms with Crippen molar-refractivity contribution in [3.63, 3.8) is 0 Å². The van der Waals surface area contributed by atoms with Crippen LogP contribution in [0.3, 0.4) is 0 Å². The molecule has 114 valence electrons. The number of aromatic nitrogens is 2. The van der Waals surface area contributed by atoms with Crippen molar-refractivity contribution in [2.45, 2.75) is 84.1 Å². The largest absolute Gasteiger partial charge is 0.307 e. The lowest BCUT2D eigenvalue weighted by Crippen LogP contribution is -2.61. The third-order valence-electron chi connectivity index (χ3n) is 4.15. The fourth-order valence-corrected chi connectivity index (χ4v) is 3.67. The van der Waals surface area contributed by atoms with Crippen molar-refractivity contribution in [3.05, 3.63) is 18.0 Å². The fourth-order valence-electron chi connectivity index (χ4n) is 3.67. The van der Waals surface area contributed by atoms with Crippen molar-refractivity contribution in [2.75, 3.05) is 0 Å². The van der Waals surface area contributed by atoms with Gasteiger partial charge in [-0.3, -0.25) is 4.68 Å². The van der Waals surface area contributed by atoms with Gasteiger partial charge < -0.3 is 10.6 Å². The van der Waals surface area contributed by atoms with Gasteiger partial charge in [0.05, 0.1) is 6.20 Å². The Kier molecular flexibility index (Phi) is 4.26. The van der Waals surface area contributed by atoms with Crippen LogP contribution in [0.25, 0.3) is 0 Å². The molecule has 0 bridgehead atoms. The van der Waals surface area contributed by atoms with Crippen molar-refractivity contribution in [1.29, 1.82) is 0 Å². The van der Waals surface area contributed by atoms with E-state index in [1.165, 1.54) is 5.56 Å². The maximum atomic E-state index is 4.37. The predicted octanol–water partition coefficient (Wildman–Crippen LogP) is 2.86. The van der Waals surface area contributed by atoms with Crippen LogP contribution in [-0.4, -0.2) is 26.9 Å². The van der Waals surface area contributed by atoms with E-state index in [9.17, 15) is 0 Å². The maximum absolute atomic E-state index is 4.37. The molecule has 4 nitrogen and oxygen atoms in total. The Balaban J connectivity index is 2.01. The quantitative estimate of drug-likeness (QED) is 0.890. The topological polar surface area (TPSA) is 41.9 Å². The monoisotopic (exact) mass is 278 g/mol. The molecule has 1 saturated heterocycles. The molecule has 0 saturated carbocycles. The fraction of sp³-hybridized carbons (Fsp3) is 0.812. The van der Waals surface area contributed by atoms with Gasteiger partial charge in [0.15, 0.2) is 0 Å². The van der Waals surface area contributed by atoms with Crippen LogP contribution in [0.5, 0.6) is 0 Å². The first-order chi connectivity index (χ1) is 9.21. The zero-order valence-electron chi connectivity index (χ0n) is 13.8. The highest BCUT2D eigenvalue weighted by atomic mass is 15.3. The Morgan fingerprint density at radius 1 is 1.35 bits per heavy atom.